The quantitative estimate of drug-likeness (QED) is 0.700. The first-order valence-electron chi connectivity index (χ1n) is 4.17. The van der Waals surface area contributed by atoms with Gasteiger partial charge in [-0.2, -0.15) is 0 Å². The largest absolute Gasteiger partial charge is 0.335 e. The van der Waals surface area contributed by atoms with Gasteiger partial charge in [0.1, 0.15) is 0 Å². The fourth-order valence-electron chi connectivity index (χ4n) is 1.11. The first-order chi connectivity index (χ1) is 5.63. The van der Waals surface area contributed by atoms with Crippen molar-refractivity contribution in [1.29, 1.82) is 0 Å². The van der Waals surface area contributed by atoms with Crippen LogP contribution >= 0.6 is 12.2 Å². The van der Waals surface area contributed by atoms with E-state index >= 15 is 0 Å². The number of H-pyrrole nitrogens is 1. The number of aromatic nitrogens is 2. The van der Waals surface area contributed by atoms with Crippen molar-refractivity contribution in [3.8, 4) is 0 Å². The summed E-state index contributed by atoms with van der Waals surface area (Å²) in [5.41, 5.74) is 6.83. The molecule has 0 radical (unpaired) electrons. The summed E-state index contributed by atoms with van der Waals surface area (Å²) < 4.78 is 2.75. The lowest BCUT2D eigenvalue weighted by Gasteiger charge is -2.04. The molecule has 0 aromatic carbocycles. The van der Waals surface area contributed by atoms with Gasteiger partial charge in [0.15, 0.2) is 4.77 Å². The summed E-state index contributed by atoms with van der Waals surface area (Å²) in [6, 6.07) is 0.150. The van der Waals surface area contributed by atoms with Crippen molar-refractivity contribution < 1.29 is 0 Å². The SMILES string of the molecule is CCc1cn(CC(C)N)c(=S)[nH]1. The molecule has 68 valence electrons. The van der Waals surface area contributed by atoms with E-state index in [4.69, 9.17) is 18.0 Å². The highest BCUT2D eigenvalue weighted by molar-refractivity contribution is 7.71. The van der Waals surface area contributed by atoms with E-state index in [9.17, 15) is 0 Å². The Kier molecular flexibility index (Phi) is 3.05. The van der Waals surface area contributed by atoms with Crippen molar-refractivity contribution in [2.75, 3.05) is 0 Å². The van der Waals surface area contributed by atoms with Crippen LogP contribution in [0.4, 0.5) is 0 Å². The third kappa shape index (κ3) is 2.19. The maximum absolute atomic E-state index is 5.66. The highest BCUT2D eigenvalue weighted by Gasteiger charge is 2.00. The molecule has 0 fully saturated rings. The fraction of sp³-hybridized carbons (Fsp3) is 0.625. The summed E-state index contributed by atoms with van der Waals surface area (Å²) in [6.45, 7) is 4.85. The molecule has 1 atom stereocenters. The topological polar surface area (TPSA) is 46.7 Å². The summed E-state index contributed by atoms with van der Waals surface area (Å²) in [7, 11) is 0. The van der Waals surface area contributed by atoms with Crippen molar-refractivity contribution in [3.05, 3.63) is 16.7 Å². The van der Waals surface area contributed by atoms with Crippen LogP contribution in [0, 0.1) is 4.77 Å². The number of hydrogen-bond acceptors (Lipinski definition) is 2. The molecule has 0 saturated heterocycles. The average molecular weight is 185 g/mol. The summed E-state index contributed by atoms with van der Waals surface area (Å²) in [5, 5.41) is 0. The van der Waals surface area contributed by atoms with Gasteiger partial charge in [0, 0.05) is 24.5 Å². The van der Waals surface area contributed by atoms with Crippen LogP contribution in [0.15, 0.2) is 6.20 Å². The smallest absolute Gasteiger partial charge is 0.177 e. The Labute approximate surface area is 77.6 Å². The van der Waals surface area contributed by atoms with Gasteiger partial charge in [-0.05, 0) is 25.6 Å². The number of imidazole rings is 1. The lowest BCUT2D eigenvalue weighted by Crippen LogP contribution is -2.21. The Hall–Kier alpha value is -0.610. The minimum atomic E-state index is 0.150. The van der Waals surface area contributed by atoms with E-state index in [1.807, 2.05) is 17.7 Å². The Morgan fingerprint density at radius 2 is 2.42 bits per heavy atom. The van der Waals surface area contributed by atoms with Crippen LogP contribution in [0.3, 0.4) is 0 Å². The fourth-order valence-corrected chi connectivity index (χ4v) is 1.37. The van der Waals surface area contributed by atoms with Gasteiger partial charge in [-0.3, -0.25) is 0 Å². The molecule has 0 amide bonds. The Morgan fingerprint density at radius 1 is 1.75 bits per heavy atom. The van der Waals surface area contributed by atoms with Crippen LogP contribution in [0.1, 0.15) is 19.5 Å². The minimum Gasteiger partial charge on any atom is -0.335 e. The summed E-state index contributed by atoms with van der Waals surface area (Å²) in [5.74, 6) is 0. The molecule has 12 heavy (non-hydrogen) atoms. The zero-order valence-electron chi connectivity index (χ0n) is 7.50. The predicted octanol–water partition coefficient (Wildman–Crippen LogP) is 1.46. The van der Waals surface area contributed by atoms with Gasteiger partial charge in [0.2, 0.25) is 0 Å². The van der Waals surface area contributed by atoms with E-state index in [0.717, 1.165) is 17.7 Å². The second kappa shape index (κ2) is 3.87. The highest BCUT2D eigenvalue weighted by Crippen LogP contribution is 2.00. The molecule has 1 aromatic heterocycles. The Bertz CT molecular complexity index is 297. The van der Waals surface area contributed by atoms with Crippen molar-refractivity contribution in [1.82, 2.24) is 9.55 Å². The molecule has 0 aliphatic carbocycles. The zero-order valence-corrected chi connectivity index (χ0v) is 8.32. The third-order valence-corrected chi connectivity index (χ3v) is 2.04. The molecule has 3 nitrogen and oxygen atoms in total. The van der Waals surface area contributed by atoms with Crippen molar-refractivity contribution in [3.63, 3.8) is 0 Å². The van der Waals surface area contributed by atoms with Gasteiger partial charge < -0.3 is 15.3 Å². The van der Waals surface area contributed by atoms with Crippen molar-refractivity contribution in [2.24, 2.45) is 5.73 Å². The van der Waals surface area contributed by atoms with Crippen molar-refractivity contribution in [2.45, 2.75) is 32.9 Å². The molecule has 0 spiro atoms. The second-order valence-corrected chi connectivity index (χ2v) is 3.45. The summed E-state index contributed by atoms with van der Waals surface area (Å²) in [4.78, 5) is 3.12. The molecular weight excluding hydrogens is 170 g/mol. The van der Waals surface area contributed by atoms with Crippen LogP contribution in [-0.4, -0.2) is 15.6 Å². The molecule has 0 saturated carbocycles. The number of rotatable bonds is 3. The molecule has 0 aliphatic heterocycles. The van der Waals surface area contributed by atoms with Gasteiger partial charge in [0.05, 0.1) is 0 Å². The van der Waals surface area contributed by atoms with E-state index in [-0.39, 0.29) is 6.04 Å². The van der Waals surface area contributed by atoms with Gasteiger partial charge in [-0.1, -0.05) is 6.92 Å². The van der Waals surface area contributed by atoms with Gasteiger partial charge in [-0.15, -0.1) is 0 Å². The molecule has 3 N–H and O–H groups in total. The van der Waals surface area contributed by atoms with Gasteiger partial charge in [-0.25, -0.2) is 0 Å². The maximum atomic E-state index is 5.66. The van der Waals surface area contributed by atoms with E-state index in [2.05, 4.69) is 11.9 Å². The number of aryl methyl sites for hydroxylation is 1. The van der Waals surface area contributed by atoms with E-state index in [0.29, 0.717) is 0 Å². The average Bonchev–Trinajstić information content (AvgIpc) is 2.31. The van der Waals surface area contributed by atoms with Gasteiger partial charge in [0.25, 0.3) is 0 Å². The van der Waals surface area contributed by atoms with E-state index in [1.54, 1.807) is 0 Å². The van der Waals surface area contributed by atoms with Crippen LogP contribution in [0.2, 0.25) is 0 Å². The molecule has 0 bridgehead atoms. The number of nitrogens with one attached hydrogen (secondary N) is 1. The summed E-state index contributed by atoms with van der Waals surface area (Å²) in [6.07, 6.45) is 3.02. The molecule has 1 aromatic rings. The van der Waals surface area contributed by atoms with Crippen molar-refractivity contribution >= 4 is 12.2 Å². The minimum absolute atomic E-state index is 0.150. The number of nitrogens with zero attached hydrogens (tertiary/aromatic N) is 1. The number of aromatic amines is 1. The molecule has 1 heterocycles. The molecule has 1 rings (SSSR count). The summed E-state index contributed by atoms with van der Waals surface area (Å²) >= 11 is 5.11. The highest BCUT2D eigenvalue weighted by atomic mass is 32.1. The van der Waals surface area contributed by atoms with Gasteiger partial charge >= 0.3 is 0 Å². The van der Waals surface area contributed by atoms with E-state index < -0.39 is 0 Å². The van der Waals surface area contributed by atoms with Crippen LogP contribution < -0.4 is 5.73 Å². The Balaban J connectivity index is 2.85. The number of hydrogen-bond donors (Lipinski definition) is 2. The predicted molar refractivity (Wildman–Crippen MR) is 52.6 cm³/mol. The molecular formula is C8H15N3S. The van der Waals surface area contributed by atoms with Crippen LogP contribution in [0.25, 0.3) is 0 Å². The molecule has 4 heteroatoms. The lowest BCUT2D eigenvalue weighted by atomic mass is 10.3. The number of nitrogens with two attached hydrogens (primary N) is 1. The second-order valence-electron chi connectivity index (χ2n) is 3.07. The Morgan fingerprint density at radius 3 is 2.83 bits per heavy atom. The van der Waals surface area contributed by atoms with E-state index in [1.165, 1.54) is 5.69 Å². The molecule has 0 aliphatic rings. The third-order valence-electron chi connectivity index (χ3n) is 1.71. The zero-order chi connectivity index (χ0) is 9.14. The van der Waals surface area contributed by atoms with Crippen LogP contribution in [-0.2, 0) is 13.0 Å². The first-order valence-corrected chi connectivity index (χ1v) is 4.58. The monoisotopic (exact) mass is 185 g/mol. The standard InChI is InChI=1S/C8H15N3S/c1-3-7-5-11(4-6(2)9)8(12)10-7/h5-6H,3-4,9H2,1-2H3,(H,10,12). The van der Waals surface area contributed by atoms with Crippen LogP contribution in [0.5, 0.6) is 0 Å². The normalized spacial score (nSPS) is 13.2. The first kappa shape index (κ1) is 9.48. The maximum Gasteiger partial charge on any atom is 0.177 e. The molecule has 1 unspecified atom stereocenters. The lowest BCUT2D eigenvalue weighted by molar-refractivity contribution is 0.584.